The second-order valence-electron chi connectivity index (χ2n) is 8.38. The van der Waals surface area contributed by atoms with Crippen molar-refractivity contribution in [3.05, 3.63) is 28.9 Å². The van der Waals surface area contributed by atoms with Crippen LogP contribution in [0.4, 0.5) is 0 Å². The minimum absolute atomic E-state index is 0.106. The third-order valence-electron chi connectivity index (χ3n) is 6.67. The molecule has 1 saturated carbocycles. The van der Waals surface area contributed by atoms with E-state index in [0.717, 1.165) is 42.4 Å². The summed E-state index contributed by atoms with van der Waals surface area (Å²) in [4.78, 5) is 14.8. The van der Waals surface area contributed by atoms with E-state index >= 15 is 0 Å². The maximum Gasteiger partial charge on any atom is 0.225 e. The van der Waals surface area contributed by atoms with Crippen LogP contribution in [0.1, 0.15) is 31.2 Å². The summed E-state index contributed by atoms with van der Waals surface area (Å²) < 4.78 is 5.38. The topological polar surface area (TPSA) is 78.4 Å². The molecular formula is C20H24ClN3O3. The summed E-state index contributed by atoms with van der Waals surface area (Å²) in [7, 11) is 0. The number of amides is 1. The Morgan fingerprint density at radius 2 is 1.96 bits per heavy atom. The van der Waals surface area contributed by atoms with E-state index in [1.54, 1.807) is 6.20 Å². The lowest BCUT2D eigenvalue weighted by Crippen LogP contribution is -2.38. The highest BCUT2D eigenvalue weighted by atomic mass is 35.5. The molecule has 1 aliphatic carbocycles. The number of carbonyl (C=O) groups excluding carboxylic acids is 1. The van der Waals surface area contributed by atoms with Crippen molar-refractivity contribution >= 4 is 28.4 Å². The van der Waals surface area contributed by atoms with Crippen molar-refractivity contribution in [2.45, 2.75) is 31.3 Å². The standard InChI is InChI=1S/C20H24ClN3O3/c21-16-5-13-9-22-23-18(13)17(6-16)20(26)7-14-10-24(11-15(14)8-20)19(25)12-1-3-27-4-2-12/h5-6,9,12,14-15,26H,1-4,7-8,10-11H2,(H,22,23)/t14-,15+,20+. The lowest BCUT2D eigenvalue weighted by molar-refractivity contribution is -0.138. The van der Waals surface area contributed by atoms with E-state index in [2.05, 4.69) is 10.2 Å². The van der Waals surface area contributed by atoms with Gasteiger partial charge < -0.3 is 14.7 Å². The van der Waals surface area contributed by atoms with Gasteiger partial charge in [-0.1, -0.05) is 11.6 Å². The third-order valence-corrected chi connectivity index (χ3v) is 6.89. The van der Waals surface area contributed by atoms with Crippen LogP contribution in [0.25, 0.3) is 10.9 Å². The Bertz CT molecular complexity index is 862. The van der Waals surface area contributed by atoms with Crippen LogP contribution in [0.3, 0.4) is 0 Å². The number of rotatable bonds is 2. The van der Waals surface area contributed by atoms with Gasteiger partial charge in [0.25, 0.3) is 0 Å². The molecule has 1 aromatic heterocycles. The van der Waals surface area contributed by atoms with E-state index in [0.29, 0.717) is 42.9 Å². The van der Waals surface area contributed by atoms with Crippen molar-refractivity contribution in [2.24, 2.45) is 17.8 Å². The van der Waals surface area contributed by atoms with Crippen LogP contribution in [0.5, 0.6) is 0 Å². The maximum atomic E-state index is 12.8. The molecule has 0 bridgehead atoms. The molecule has 2 aromatic rings. The number of hydrogen-bond acceptors (Lipinski definition) is 4. The molecule has 3 heterocycles. The SMILES string of the molecule is O=C(C1CCOCC1)N1C[C@@H]2C[C@](O)(c3cc(Cl)cc4cn[nH]c34)C[C@@H]2C1. The normalized spacial score (nSPS) is 31.6. The summed E-state index contributed by atoms with van der Waals surface area (Å²) in [6.45, 7) is 2.86. The van der Waals surface area contributed by atoms with Crippen LogP contribution in [-0.4, -0.2) is 52.4 Å². The molecule has 2 N–H and O–H groups in total. The molecule has 1 aromatic carbocycles. The number of carbonyl (C=O) groups is 1. The van der Waals surface area contributed by atoms with Crippen LogP contribution in [0.15, 0.2) is 18.3 Å². The highest BCUT2D eigenvalue weighted by Gasteiger charge is 2.51. The van der Waals surface area contributed by atoms with Crippen molar-refractivity contribution in [1.82, 2.24) is 15.1 Å². The fourth-order valence-corrected chi connectivity index (χ4v) is 5.57. The number of fused-ring (bicyclic) bond motifs is 2. The Labute approximate surface area is 162 Å². The molecule has 0 unspecified atom stereocenters. The molecule has 27 heavy (non-hydrogen) atoms. The molecule has 3 fully saturated rings. The van der Waals surface area contributed by atoms with Crippen LogP contribution in [0, 0.1) is 17.8 Å². The predicted octanol–water partition coefficient (Wildman–Crippen LogP) is 2.70. The van der Waals surface area contributed by atoms with E-state index < -0.39 is 5.60 Å². The second-order valence-corrected chi connectivity index (χ2v) is 8.81. The van der Waals surface area contributed by atoms with Gasteiger partial charge in [0, 0.05) is 48.2 Å². The monoisotopic (exact) mass is 389 g/mol. The van der Waals surface area contributed by atoms with Crippen LogP contribution in [0.2, 0.25) is 5.02 Å². The summed E-state index contributed by atoms with van der Waals surface area (Å²) in [6.07, 6.45) is 4.70. The zero-order valence-corrected chi connectivity index (χ0v) is 15.9. The van der Waals surface area contributed by atoms with Gasteiger partial charge in [0.05, 0.1) is 17.3 Å². The highest BCUT2D eigenvalue weighted by Crippen LogP contribution is 2.50. The molecule has 3 aliphatic rings. The third kappa shape index (κ3) is 2.94. The summed E-state index contributed by atoms with van der Waals surface area (Å²) in [5.41, 5.74) is 0.773. The van der Waals surface area contributed by atoms with Gasteiger partial charge in [-0.15, -0.1) is 0 Å². The molecule has 7 heteroatoms. The van der Waals surface area contributed by atoms with Gasteiger partial charge in [-0.05, 0) is 49.7 Å². The highest BCUT2D eigenvalue weighted by molar-refractivity contribution is 6.31. The lowest BCUT2D eigenvalue weighted by atomic mass is 9.89. The average molecular weight is 390 g/mol. The molecule has 5 rings (SSSR count). The number of benzene rings is 1. The molecule has 0 radical (unpaired) electrons. The first kappa shape index (κ1) is 17.5. The number of aromatic nitrogens is 2. The Balaban J connectivity index is 1.34. The van der Waals surface area contributed by atoms with Gasteiger partial charge >= 0.3 is 0 Å². The maximum absolute atomic E-state index is 12.8. The van der Waals surface area contributed by atoms with Crippen molar-refractivity contribution in [3.8, 4) is 0 Å². The van der Waals surface area contributed by atoms with E-state index in [4.69, 9.17) is 16.3 Å². The zero-order valence-electron chi connectivity index (χ0n) is 15.2. The molecule has 2 saturated heterocycles. The average Bonchev–Trinajstić information content (AvgIpc) is 3.34. The number of aromatic amines is 1. The van der Waals surface area contributed by atoms with Gasteiger partial charge in [0.15, 0.2) is 0 Å². The molecule has 0 spiro atoms. The number of halogens is 1. The van der Waals surface area contributed by atoms with Crippen molar-refractivity contribution < 1.29 is 14.6 Å². The van der Waals surface area contributed by atoms with Crippen LogP contribution < -0.4 is 0 Å². The fraction of sp³-hybridized carbons (Fsp3) is 0.600. The first-order valence-electron chi connectivity index (χ1n) is 9.75. The molecule has 3 atom stereocenters. The van der Waals surface area contributed by atoms with E-state index in [-0.39, 0.29) is 11.8 Å². The molecule has 144 valence electrons. The number of nitrogens with zero attached hydrogens (tertiary/aromatic N) is 2. The quantitative estimate of drug-likeness (QED) is 0.827. The minimum Gasteiger partial charge on any atom is -0.385 e. The minimum atomic E-state index is -0.918. The van der Waals surface area contributed by atoms with E-state index in [9.17, 15) is 9.90 Å². The van der Waals surface area contributed by atoms with Gasteiger partial charge in [-0.25, -0.2) is 0 Å². The largest absolute Gasteiger partial charge is 0.385 e. The number of H-pyrrole nitrogens is 1. The van der Waals surface area contributed by atoms with Crippen LogP contribution >= 0.6 is 11.6 Å². The molecule has 2 aliphatic heterocycles. The predicted molar refractivity (Wildman–Crippen MR) is 101 cm³/mol. The summed E-state index contributed by atoms with van der Waals surface area (Å²) >= 11 is 6.28. The number of likely N-dealkylation sites (tertiary alicyclic amines) is 1. The first-order valence-corrected chi connectivity index (χ1v) is 10.1. The van der Waals surface area contributed by atoms with E-state index in [1.807, 2.05) is 17.0 Å². The Morgan fingerprint density at radius 1 is 1.26 bits per heavy atom. The first-order chi connectivity index (χ1) is 13.0. The summed E-state index contributed by atoms with van der Waals surface area (Å²) in [6, 6.07) is 3.71. The Kier molecular flexibility index (Phi) is 4.18. The van der Waals surface area contributed by atoms with Crippen molar-refractivity contribution in [3.63, 3.8) is 0 Å². The van der Waals surface area contributed by atoms with Gasteiger partial charge in [0.1, 0.15) is 0 Å². The van der Waals surface area contributed by atoms with Gasteiger partial charge in [-0.3, -0.25) is 9.89 Å². The Morgan fingerprint density at radius 3 is 2.67 bits per heavy atom. The number of aliphatic hydroxyl groups is 1. The zero-order chi connectivity index (χ0) is 18.6. The fourth-order valence-electron chi connectivity index (χ4n) is 5.34. The Hall–Kier alpha value is -1.63. The lowest BCUT2D eigenvalue weighted by Gasteiger charge is -2.29. The van der Waals surface area contributed by atoms with Gasteiger partial charge in [0.2, 0.25) is 5.91 Å². The molecule has 1 amide bonds. The number of nitrogens with one attached hydrogen (secondary N) is 1. The number of hydrogen-bond donors (Lipinski definition) is 2. The smallest absolute Gasteiger partial charge is 0.225 e. The van der Waals surface area contributed by atoms with Crippen molar-refractivity contribution in [1.29, 1.82) is 0 Å². The van der Waals surface area contributed by atoms with Gasteiger partial charge in [-0.2, -0.15) is 5.10 Å². The second kappa shape index (κ2) is 6.47. The number of ether oxygens (including phenoxy) is 1. The molecular weight excluding hydrogens is 366 g/mol. The van der Waals surface area contributed by atoms with Crippen molar-refractivity contribution in [2.75, 3.05) is 26.3 Å². The summed E-state index contributed by atoms with van der Waals surface area (Å²) in [5, 5.41) is 20.1. The van der Waals surface area contributed by atoms with E-state index in [1.165, 1.54) is 0 Å². The van der Waals surface area contributed by atoms with Crippen LogP contribution in [-0.2, 0) is 15.1 Å². The summed E-state index contributed by atoms with van der Waals surface area (Å²) in [5.74, 6) is 1.04. The molecule has 6 nitrogen and oxygen atoms in total.